The lowest BCUT2D eigenvalue weighted by atomic mass is 10.3. The minimum absolute atomic E-state index is 0.186. The standard InChI is InChI=1S/C8H6N2O2S2/c1-4-2-5(12-10-4)3-6-7(11)9-8(13)14-6/h2-3H,1H3,(H,9,11,13). The van der Waals surface area contributed by atoms with Crippen LogP contribution in [0, 0.1) is 6.92 Å². The zero-order chi connectivity index (χ0) is 10.1. The molecule has 1 aliphatic heterocycles. The number of thiocarbonyl (C=S) groups is 1. The molecular weight excluding hydrogens is 220 g/mol. The minimum Gasteiger partial charge on any atom is -0.357 e. The summed E-state index contributed by atoms with van der Waals surface area (Å²) >= 11 is 6.06. The number of aromatic nitrogens is 1. The van der Waals surface area contributed by atoms with Crippen LogP contribution in [0.4, 0.5) is 0 Å². The summed E-state index contributed by atoms with van der Waals surface area (Å²) in [5.74, 6) is 0.374. The molecule has 0 bridgehead atoms. The molecule has 1 aromatic heterocycles. The second-order valence-corrected chi connectivity index (χ2v) is 4.44. The lowest BCUT2D eigenvalue weighted by Gasteiger charge is -1.86. The van der Waals surface area contributed by atoms with Crippen molar-refractivity contribution in [2.24, 2.45) is 0 Å². The highest BCUT2D eigenvalue weighted by Crippen LogP contribution is 2.25. The van der Waals surface area contributed by atoms with Crippen molar-refractivity contribution in [2.45, 2.75) is 6.92 Å². The summed E-state index contributed by atoms with van der Waals surface area (Å²) in [4.78, 5) is 11.8. The summed E-state index contributed by atoms with van der Waals surface area (Å²) < 4.78 is 5.42. The highest BCUT2D eigenvalue weighted by molar-refractivity contribution is 8.26. The molecule has 0 saturated carbocycles. The molecule has 1 aromatic rings. The Bertz CT molecular complexity index is 436. The maximum Gasteiger partial charge on any atom is 0.263 e. The predicted molar refractivity (Wildman–Crippen MR) is 57.5 cm³/mol. The summed E-state index contributed by atoms with van der Waals surface area (Å²) in [6, 6.07) is 1.75. The van der Waals surface area contributed by atoms with Gasteiger partial charge in [-0.2, -0.15) is 0 Å². The number of thioether (sulfide) groups is 1. The van der Waals surface area contributed by atoms with E-state index in [0.29, 0.717) is 15.0 Å². The van der Waals surface area contributed by atoms with Gasteiger partial charge < -0.3 is 9.84 Å². The highest BCUT2D eigenvalue weighted by Gasteiger charge is 2.22. The van der Waals surface area contributed by atoms with Gasteiger partial charge in [-0.05, 0) is 6.92 Å². The molecular formula is C8H6N2O2S2. The first-order valence-corrected chi connectivity index (χ1v) is 5.06. The summed E-state index contributed by atoms with van der Waals surface area (Å²) in [7, 11) is 0. The van der Waals surface area contributed by atoms with E-state index in [9.17, 15) is 4.79 Å². The molecule has 72 valence electrons. The van der Waals surface area contributed by atoms with Crippen LogP contribution in [0.3, 0.4) is 0 Å². The van der Waals surface area contributed by atoms with E-state index in [-0.39, 0.29) is 5.91 Å². The molecule has 1 fully saturated rings. The average Bonchev–Trinajstić information content (AvgIpc) is 2.61. The van der Waals surface area contributed by atoms with Gasteiger partial charge in [0.25, 0.3) is 5.91 Å². The zero-order valence-corrected chi connectivity index (χ0v) is 8.87. The second kappa shape index (κ2) is 3.55. The van der Waals surface area contributed by atoms with E-state index in [1.54, 1.807) is 12.1 Å². The fourth-order valence-corrected chi connectivity index (χ4v) is 2.03. The van der Waals surface area contributed by atoms with Gasteiger partial charge in [-0.15, -0.1) is 0 Å². The first kappa shape index (κ1) is 9.42. The first-order valence-electron chi connectivity index (χ1n) is 3.83. The molecule has 1 amide bonds. The quantitative estimate of drug-likeness (QED) is 0.580. The zero-order valence-electron chi connectivity index (χ0n) is 7.23. The number of hydrogen-bond acceptors (Lipinski definition) is 5. The van der Waals surface area contributed by atoms with Crippen LogP contribution in [0.1, 0.15) is 11.5 Å². The van der Waals surface area contributed by atoms with Crippen LogP contribution in [-0.4, -0.2) is 15.4 Å². The Labute approximate surface area is 89.7 Å². The van der Waals surface area contributed by atoms with Crippen molar-refractivity contribution >= 4 is 40.3 Å². The smallest absolute Gasteiger partial charge is 0.263 e. The number of rotatable bonds is 1. The number of aryl methyl sites for hydroxylation is 1. The van der Waals surface area contributed by atoms with Gasteiger partial charge in [0.2, 0.25) is 0 Å². The molecule has 1 N–H and O–H groups in total. The Kier molecular flexibility index (Phi) is 2.39. The van der Waals surface area contributed by atoms with Crippen molar-refractivity contribution in [3.63, 3.8) is 0 Å². The van der Waals surface area contributed by atoms with E-state index >= 15 is 0 Å². The molecule has 0 unspecified atom stereocenters. The monoisotopic (exact) mass is 226 g/mol. The Balaban J connectivity index is 2.27. The topological polar surface area (TPSA) is 55.1 Å². The molecule has 1 aliphatic rings. The molecule has 0 aliphatic carbocycles. The van der Waals surface area contributed by atoms with Crippen molar-refractivity contribution in [1.82, 2.24) is 10.5 Å². The van der Waals surface area contributed by atoms with E-state index < -0.39 is 0 Å². The third kappa shape index (κ3) is 1.85. The third-order valence-electron chi connectivity index (χ3n) is 1.56. The Morgan fingerprint density at radius 2 is 2.50 bits per heavy atom. The molecule has 2 heterocycles. The number of nitrogens with zero attached hydrogens (tertiary/aromatic N) is 1. The lowest BCUT2D eigenvalue weighted by Crippen LogP contribution is -2.17. The van der Waals surface area contributed by atoms with Crippen LogP contribution in [0.2, 0.25) is 0 Å². The van der Waals surface area contributed by atoms with Crippen molar-refractivity contribution in [2.75, 3.05) is 0 Å². The van der Waals surface area contributed by atoms with Gasteiger partial charge in [-0.25, -0.2) is 0 Å². The molecule has 14 heavy (non-hydrogen) atoms. The fraction of sp³-hybridized carbons (Fsp3) is 0.125. The minimum atomic E-state index is -0.186. The van der Waals surface area contributed by atoms with Crippen LogP contribution in [-0.2, 0) is 4.79 Å². The number of carbonyl (C=O) groups is 1. The van der Waals surface area contributed by atoms with Crippen molar-refractivity contribution in [3.05, 3.63) is 22.4 Å². The van der Waals surface area contributed by atoms with E-state index in [1.807, 2.05) is 6.92 Å². The molecule has 2 rings (SSSR count). The normalized spacial score (nSPS) is 19.1. The van der Waals surface area contributed by atoms with Crippen molar-refractivity contribution in [1.29, 1.82) is 0 Å². The number of nitrogens with one attached hydrogen (secondary N) is 1. The highest BCUT2D eigenvalue weighted by atomic mass is 32.2. The fourth-order valence-electron chi connectivity index (χ4n) is 1.00. The predicted octanol–water partition coefficient (Wildman–Crippen LogP) is 1.47. The van der Waals surface area contributed by atoms with Crippen molar-refractivity contribution in [3.8, 4) is 0 Å². The van der Waals surface area contributed by atoms with Gasteiger partial charge in [0.1, 0.15) is 4.32 Å². The molecule has 0 atom stereocenters. The molecule has 0 aromatic carbocycles. The molecule has 0 spiro atoms. The van der Waals surface area contributed by atoms with E-state index in [4.69, 9.17) is 16.7 Å². The van der Waals surface area contributed by atoms with Gasteiger partial charge >= 0.3 is 0 Å². The van der Waals surface area contributed by atoms with E-state index in [0.717, 1.165) is 5.69 Å². The first-order chi connectivity index (χ1) is 6.65. The Morgan fingerprint density at radius 1 is 1.71 bits per heavy atom. The SMILES string of the molecule is Cc1cc(C=C2SC(=S)NC2=O)on1. The molecule has 1 saturated heterocycles. The molecule has 4 nitrogen and oxygen atoms in total. The number of carbonyl (C=O) groups excluding carboxylic acids is 1. The van der Waals surface area contributed by atoms with Crippen molar-refractivity contribution < 1.29 is 9.32 Å². The lowest BCUT2D eigenvalue weighted by molar-refractivity contribution is -0.115. The second-order valence-electron chi connectivity index (χ2n) is 2.72. The Morgan fingerprint density at radius 3 is 3.00 bits per heavy atom. The van der Waals surface area contributed by atoms with Crippen LogP contribution >= 0.6 is 24.0 Å². The maximum absolute atomic E-state index is 11.2. The van der Waals surface area contributed by atoms with Crippen LogP contribution in [0.5, 0.6) is 0 Å². The summed E-state index contributed by atoms with van der Waals surface area (Å²) in [6.07, 6.45) is 1.62. The van der Waals surface area contributed by atoms with E-state index in [1.165, 1.54) is 11.8 Å². The molecule has 6 heteroatoms. The van der Waals surface area contributed by atoms with Crippen LogP contribution < -0.4 is 5.32 Å². The number of hydrogen-bond donors (Lipinski definition) is 1. The average molecular weight is 226 g/mol. The van der Waals surface area contributed by atoms with Gasteiger partial charge in [0.15, 0.2) is 5.76 Å². The largest absolute Gasteiger partial charge is 0.357 e. The summed E-state index contributed by atoms with van der Waals surface area (Å²) in [6.45, 7) is 1.82. The van der Waals surface area contributed by atoms with Crippen LogP contribution in [0.15, 0.2) is 15.5 Å². The van der Waals surface area contributed by atoms with Gasteiger partial charge in [-0.3, -0.25) is 4.79 Å². The van der Waals surface area contributed by atoms with Gasteiger partial charge in [0.05, 0.1) is 10.6 Å². The van der Waals surface area contributed by atoms with Crippen LogP contribution in [0.25, 0.3) is 6.08 Å². The maximum atomic E-state index is 11.2. The number of amides is 1. The third-order valence-corrected chi connectivity index (χ3v) is 2.72. The Hall–Kier alpha value is -1.14. The van der Waals surface area contributed by atoms with Gasteiger partial charge in [0, 0.05) is 12.1 Å². The van der Waals surface area contributed by atoms with Gasteiger partial charge in [-0.1, -0.05) is 29.1 Å². The summed E-state index contributed by atoms with van der Waals surface area (Å²) in [5.41, 5.74) is 0.780. The van der Waals surface area contributed by atoms with E-state index in [2.05, 4.69) is 10.5 Å². The molecule has 0 radical (unpaired) electrons. The summed E-state index contributed by atoms with van der Waals surface area (Å²) in [5, 5.41) is 6.23.